The molecule has 0 saturated carbocycles. The third kappa shape index (κ3) is 4.89. The molecule has 0 unspecified atom stereocenters. The standard InChI is InChI=1S/C22H21FN2O5/c23-16-6-8-17(9-7-16)25-20(27)14-18(22(25)30)24(19(26)10-11-21(28)29)13-12-15-4-2-1-3-5-15/h1-9,18H,10-14H2,(H,28,29)/t18-/m1/s1. The van der Waals surface area contributed by atoms with E-state index in [2.05, 4.69) is 0 Å². The van der Waals surface area contributed by atoms with Crippen molar-refractivity contribution in [3.05, 3.63) is 66.0 Å². The zero-order valence-electron chi connectivity index (χ0n) is 16.2. The molecule has 0 bridgehead atoms. The number of carboxylic acids is 1. The van der Waals surface area contributed by atoms with E-state index in [1.807, 2.05) is 30.3 Å². The van der Waals surface area contributed by atoms with Crippen molar-refractivity contribution in [2.75, 3.05) is 11.4 Å². The van der Waals surface area contributed by atoms with Crippen LogP contribution in [0.3, 0.4) is 0 Å². The lowest BCUT2D eigenvalue weighted by molar-refractivity contribution is -0.143. The topological polar surface area (TPSA) is 95.0 Å². The van der Waals surface area contributed by atoms with Gasteiger partial charge in [0.25, 0.3) is 5.91 Å². The number of carbonyl (C=O) groups excluding carboxylic acids is 3. The zero-order chi connectivity index (χ0) is 21.7. The van der Waals surface area contributed by atoms with Gasteiger partial charge in [-0.25, -0.2) is 9.29 Å². The first-order valence-corrected chi connectivity index (χ1v) is 9.54. The molecule has 1 heterocycles. The van der Waals surface area contributed by atoms with Crippen molar-refractivity contribution in [3.63, 3.8) is 0 Å². The van der Waals surface area contributed by atoms with Gasteiger partial charge < -0.3 is 10.0 Å². The summed E-state index contributed by atoms with van der Waals surface area (Å²) in [5, 5.41) is 8.89. The van der Waals surface area contributed by atoms with Gasteiger partial charge in [0.1, 0.15) is 11.9 Å². The summed E-state index contributed by atoms with van der Waals surface area (Å²) >= 11 is 0. The zero-order valence-corrected chi connectivity index (χ0v) is 16.2. The number of anilines is 1. The second kappa shape index (κ2) is 9.30. The molecule has 1 aliphatic rings. The van der Waals surface area contributed by atoms with E-state index in [4.69, 9.17) is 5.11 Å². The van der Waals surface area contributed by atoms with Gasteiger partial charge >= 0.3 is 5.97 Å². The van der Waals surface area contributed by atoms with Crippen LogP contribution in [0.1, 0.15) is 24.8 Å². The molecule has 0 aliphatic carbocycles. The highest BCUT2D eigenvalue weighted by Crippen LogP contribution is 2.26. The summed E-state index contributed by atoms with van der Waals surface area (Å²) in [7, 11) is 0. The van der Waals surface area contributed by atoms with Crippen LogP contribution in [-0.2, 0) is 25.6 Å². The molecule has 30 heavy (non-hydrogen) atoms. The van der Waals surface area contributed by atoms with Gasteiger partial charge in [0, 0.05) is 13.0 Å². The summed E-state index contributed by atoms with van der Waals surface area (Å²) in [6.07, 6.45) is -0.381. The third-order valence-electron chi connectivity index (χ3n) is 4.94. The molecule has 1 atom stereocenters. The number of carboxylic acid groups (broad SMARTS) is 1. The first-order valence-electron chi connectivity index (χ1n) is 9.54. The molecular weight excluding hydrogens is 391 g/mol. The van der Waals surface area contributed by atoms with Gasteiger partial charge in [0.15, 0.2) is 0 Å². The average molecular weight is 412 g/mol. The van der Waals surface area contributed by atoms with Crippen molar-refractivity contribution >= 4 is 29.4 Å². The van der Waals surface area contributed by atoms with E-state index in [1.165, 1.54) is 17.0 Å². The molecule has 1 aliphatic heterocycles. The fourth-order valence-electron chi connectivity index (χ4n) is 3.43. The van der Waals surface area contributed by atoms with Gasteiger partial charge in [0.2, 0.25) is 11.8 Å². The first kappa shape index (κ1) is 21.2. The van der Waals surface area contributed by atoms with E-state index in [-0.39, 0.29) is 31.5 Å². The van der Waals surface area contributed by atoms with E-state index in [0.717, 1.165) is 22.6 Å². The molecule has 3 amide bonds. The predicted octanol–water partition coefficient (Wildman–Crippen LogP) is 2.39. The van der Waals surface area contributed by atoms with Crippen LogP contribution in [-0.4, -0.2) is 46.3 Å². The maximum atomic E-state index is 13.2. The van der Waals surface area contributed by atoms with Gasteiger partial charge in [0.05, 0.1) is 18.5 Å². The number of nitrogens with zero attached hydrogens (tertiary/aromatic N) is 2. The number of halogens is 1. The molecule has 0 aromatic heterocycles. The molecule has 156 valence electrons. The van der Waals surface area contributed by atoms with Crippen LogP contribution in [0.25, 0.3) is 0 Å². The van der Waals surface area contributed by atoms with Crippen LogP contribution in [0, 0.1) is 5.82 Å². The highest BCUT2D eigenvalue weighted by atomic mass is 19.1. The van der Waals surface area contributed by atoms with Crippen molar-refractivity contribution in [3.8, 4) is 0 Å². The van der Waals surface area contributed by atoms with E-state index in [0.29, 0.717) is 6.42 Å². The number of rotatable bonds is 8. The van der Waals surface area contributed by atoms with Crippen LogP contribution in [0.15, 0.2) is 54.6 Å². The van der Waals surface area contributed by atoms with E-state index >= 15 is 0 Å². The summed E-state index contributed by atoms with van der Waals surface area (Å²) in [5.74, 6) is -3.19. The quantitative estimate of drug-likeness (QED) is 0.672. The minimum Gasteiger partial charge on any atom is -0.481 e. The van der Waals surface area contributed by atoms with Crippen molar-refractivity contribution in [2.45, 2.75) is 31.7 Å². The Morgan fingerprint density at radius 2 is 1.70 bits per heavy atom. The monoisotopic (exact) mass is 412 g/mol. The molecular formula is C22H21FN2O5. The fourth-order valence-corrected chi connectivity index (χ4v) is 3.43. The highest BCUT2D eigenvalue weighted by molar-refractivity contribution is 6.23. The average Bonchev–Trinajstić information content (AvgIpc) is 3.02. The molecule has 0 spiro atoms. The van der Waals surface area contributed by atoms with Crippen molar-refractivity contribution < 1.29 is 28.7 Å². The van der Waals surface area contributed by atoms with Gasteiger partial charge in [-0.05, 0) is 36.2 Å². The fraction of sp³-hybridized carbons (Fsp3) is 0.273. The number of hydrogen-bond acceptors (Lipinski definition) is 4. The number of carbonyl (C=O) groups is 4. The lowest BCUT2D eigenvalue weighted by Gasteiger charge is -2.27. The Bertz CT molecular complexity index is 946. The number of imide groups is 1. The molecule has 1 N–H and O–H groups in total. The number of aliphatic carboxylic acids is 1. The Morgan fingerprint density at radius 1 is 1.03 bits per heavy atom. The number of benzene rings is 2. The largest absolute Gasteiger partial charge is 0.481 e. The lowest BCUT2D eigenvalue weighted by atomic mass is 10.1. The summed E-state index contributed by atoms with van der Waals surface area (Å²) in [6, 6.07) is 13.3. The lowest BCUT2D eigenvalue weighted by Crippen LogP contribution is -2.46. The Balaban J connectivity index is 1.81. The van der Waals surface area contributed by atoms with E-state index in [1.54, 1.807) is 0 Å². The number of amides is 3. The summed E-state index contributed by atoms with van der Waals surface area (Å²) < 4.78 is 13.2. The maximum Gasteiger partial charge on any atom is 0.303 e. The van der Waals surface area contributed by atoms with Crippen LogP contribution in [0.5, 0.6) is 0 Å². The Kier molecular flexibility index (Phi) is 6.56. The summed E-state index contributed by atoms with van der Waals surface area (Å²) in [4.78, 5) is 51.4. The molecule has 0 radical (unpaired) electrons. The third-order valence-corrected chi connectivity index (χ3v) is 4.94. The molecule has 2 aromatic rings. The van der Waals surface area contributed by atoms with Crippen LogP contribution < -0.4 is 4.90 Å². The van der Waals surface area contributed by atoms with Crippen LogP contribution >= 0.6 is 0 Å². The predicted molar refractivity (Wildman–Crippen MR) is 106 cm³/mol. The molecule has 1 saturated heterocycles. The second-order valence-electron chi connectivity index (χ2n) is 6.98. The van der Waals surface area contributed by atoms with Gasteiger partial charge in [-0.15, -0.1) is 0 Å². The van der Waals surface area contributed by atoms with Crippen LogP contribution in [0.2, 0.25) is 0 Å². The molecule has 8 heteroatoms. The highest BCUT2D eigenvalue weighted by Gasteiger charge is 2.44. The first-order chi connectivity index (χ1) is 14.4. The van der Waals surface area contributed by atoms with Crippen molar-refractivity contribution in [2.24, 2.45) is 0 Å². The van der Waals surface area contributed by atoms with Crippen molar-refractivity contribution in [1.82, 2.24) is 4.90 Å². The van der Waals surface area contributed by atoms with E-state index < -0.39 is 35.5 Å². The maximum absolute atomic E-state index is 13.2. The van der Waals surface area contributed by atoms with E-state index in [9.17, 15) is 23.6 Å². The van der Waals surface area contributed by atoms with Crippen LogP contribution in [0.4, 0.5) is 10.1 Å². The van der Waals surface area contributed by atoms with Gasteiger partial charge in [-0.3, -0.25) is 19.2 Å². The van der Waals surface area contributed by atoms with Crippen molar-refractivity contribution in [1.29, 1.82) is 0 Å². The minimum absolute atomic E-state index is 0.170. The molecule has 1 fully saturated rings. The molecule has 3 rings (SSSR count). The SMILES string of the molecule is O=C(O)CCC(=O)N(CCc1ccccc1)[C@@H]1CC(=O)N(c2ccc(F)cc2)C1=O. The number of hydrogen-bond donors (Lipinski definition) is 1. The summed E-state index contributed by atoms with van der Waals surface area (Å²) in [5.41, 5.74) is 1.18. The Hall–Kier alpha value is -3.55. The minimum atomic E-state index is -1.12. The van der Waals surface area contributed by atoms with Gasteiger partial charge in [-0.2, -0.15) is 0 Å². The Labute approximate surface area is 172 Å². The second-order valence-corrected chi connectivity index (χ2v) is 6.98. The molecule has 2 aromatic carbocycles. The smallest absolute Gasteiger partial charge is 0.303 e. The van der Waals surface area contributed by atoms with Gasteiger partial charge in [-0.1, -0.05) is 30.3 Å². The summed E-state index contributed by atoms with van der Waals surface area (Å²) in [6.45, 7) is 0.170. The molecule has 7 nitrogen and oxygen atoms in total. The normalized spacial score (nSPS) is 16.0. The Morgan fingerprint density at radius 3 is 2.33 bits per heavy atom.